The standard InChI is InChI=1S/C25H31N3O2/c1-18-15-22(18)23(29)28-13-10-25(11-14-28,24(30)27(2)3)16-19-7-4-5-9-21(19)20-8-6-12-26-17-20/h4-9,12,17-18,22H,10-11,13-16H2,1-3H3/t18-,22-/m0/s1. The Labute approximate surface area is 179 Å². The number of benzene rings is 1. The van der Waals surface area contributed by atoms with E-state index in [1.54, 1.807) is 11.1 Å². The van der Waals surface area contributed by atoms with Crippen molar-refractivity contribution in [2.24, 2.45) is 17.3 Å². The average Bonchev–Trinajstić information content (AvgIpc) is 3.50. The Balaban J connectivity index is 1.59. The van der Waals surface area contributed by atoms with Crippen molar-refractivity contribution < 1.29 is 9.59 Å². The van der Waals surface area contributed by atoms with E-state index in [4.69, 9.17) is 0 Å². The van der Waals surface area contributed by atoms with E-state index in [1.807, 2.05) is 43.4 Å². The molecular weight excluding hydrogens is 374 g/mol. The topological polar surface area (TPSA) is 53.5 Å². The summed E-state index contributed by atoms with van der Waals surface area (Å²) in [5.74, 6) is 1.16. The first kappa shape index (κ1) is 20.6. The summed E-state index contributed by atoms with van der Waals surface area (Å²) in [6.07, 6.45) is 6.75. The lowest BCUT2D eigenvalue weighted by Gasteiger charge is -2.42. The van der Waals surface area contributed by atoms with Gasteiger partial charge in [-0.05, 0) is 48.8 Å². The van der Waals surface area contributed by atoms with Crippen molar-refractivity contribution in [1.82, 2.24) is 14.8 Å². The number of pyridine rings is 1. The minimum atomic E-state index is -0.478. The molecule has 2 aliphatic rings. The van der Waals surface area contributed by atoms with Crippen molar-refractivity contribution in [3.63, 3.8) is 0 Å². The smallest absolute Gasteiger partial charge is 0.228 e. The van der Waals surface area contributed by atoms with Crippen molar-refractivity contribution in [2.45, 2.75) is 32.6 Å². The second-order valence-electron chi connectivity index (χ2n) is 9.20. The molecule has 2 atom stereocenters. The van der Waals surface area contributed by atoms with Crippen LogP contribution in [0.25, 0.3) is 11.1 Å². The summed E-state index contributed by atoms with van der Waals surface area (Å²) in [7, 11) is 3.67. The van der Waals surface area contributed by atoms with Crippen LogP contribution in [0.4, 0.5) is 0 Å². The molecular formula is C25H31N3O2. The van der Waals surface area contributed by atoms with Crippen LogP contribution < -0.4 is 0 Å². The Morgan fingerprint density at radius 2 is 1.83 bits per heavy atom. The number of piperidine rings is 1. The van der Waals surface area contributed by atoms with Crippen LogP contribution in [0.2, 0.25) is 0 Å². The van der Waals surface area contributed by atoms with Crippen molar-refractivity contribution >= 4 is 11.8 Å². The minimum Gasteiger partial charge on any atom is -0.348 e. The highest BCUT2D eigenvalue weighted by Crippen LogP contribution is 2.43. The van der Waals surface area contributed by atoms with Gasteiger partial charge in [-0.1, -0.05) is 37.3 Å². The number of rotatable bonds is 5. The maximum Gasteiger partial charge on any atom is 0.228 e. The van der Waals surface area contributed by atoms with Crippen LogP contribution in [0, 0.1) is 17.3 Å². The minimum absolute atomic E-state index is 0.162. The molecule has 1 aromatic heterocycles. The molecule has 1 saturated carbocycles. The molecule has 2 amide bonds. The van der Waals surface area contributed by atoms with Gasteiger partial charge in [-0.15, -0.1) is 0 Å². The second-order valence-corrected chi connectivity index (χ2v) is 9.20. The maximum absolute atomic E-state index is 13.4. The predicted molar refractivity (Wildman–Crippen MR) is 118 cm³/mol. The van der Waals surface area contributed by atoms with E-state index >= 15 is 0 Å². The third-order valence-corrected chi connectivity index (χ3v) is 6.84. The number of carbonyl (C=O) groups is 2. The molecule has 158 valence electrons. The SMILES string of the molecule is C[C@H]1C[C@@H]1C(=O)N1CCC(Cc2ccccc2-c2cccnc2)(C(=O)N(C)C)CC1. The molecule has 0 spiro atoms. The van der Waals surface area contributed by atoms with Gasteiger partial charge >= 0.3 is 0 Å². The van der Waals surface area contributed by atoms with E-state index in [2.05, 4.69) is 30.1 Å². The Morgan fingerprint density at radius 3 is 2.43 bits per heavy atom. The lowest BCUT2D eigenvalue weighted by molar-refractivity contribution is -0.146. The molecule has 4 rings (SSSR count). The van der Waals surface area contributed by atoms with E-state index < -0.39 is 5.41 Å². The zero-order valence-electron chi connectivity index (χ0n) is 18.2. The first-order valence-corrected chi connectivity index (χ1v) is 10.9. The number of hydrogen-bond acceptors (Lipinski definition) is 3. The summed E-state index contributed by atoms with van der Waals surface area (Å²) in [5.41, 5.74) is 2.88. The monoisotopic (exact) mass is 405 g/mol. The molecule has 0 bridgehead atoms. The third kappa shape index (κ3) is 3.98. The van der Waals surface area contributed by atoms with Gasteiger partial charge in [-0.2, -0.15) is 0 Å². The van der Waals surface area contributed by atoms with E-state index in [1.165, 1.54) is 0 Å². The summed E-state index contributed by atoms with van der Waals surface area (Å²) in [5, 5.41) is 0. The van der Waals surface area contributed by atoms with Gasteiger partial charge in [-0.3, -0.25) is 14.6 Å². The van der Waals surface area contributed by atoms with Gasteiger partial charge in [0.15, 0.2) is 0 Å². The van der Waals surface area contributed by atoms with Crippen molar-refractivity contribution in [2.75, 3.05) is 27.2 Å². The zero-order chi connectivity index (χ0) is 21.3. The zero-order valence-corrected chi connectivity index (χ0v) is 18.2. The fourth-order valence-electron chi connectivity index (χ4n) is 4.84. The first-order valence-electron chi connectivity index (χ1n) is 10.9. The van der Waals surface area contributed by atoms with Crippen LogP contribution in [0.5, 0.6) is 0 Å². The van der Waals surface area contributed by atoms with Gasteiger partial charge < -0.3 is 9.80 Å². The van der Waals surface area contributed by atoms with E-state index in [0.29, 0.717) is 38.3 Å². The number of amides is 2. The fraction of sp³-hybridized carbons (Fsp3) is 0.480. The molecule has 2 fully saturated rings. The Bertz CT molecular complexity index is 917. The molecule has 30 heavy (non-hydrogen) atoms. The van der Waals surface area contributed by atoms with Gasteiger partial charge in [0, 0.05) is 51.1 Å². The quantitative estimate of drug-likeness (QED) is 0.763. The van der Waals surface area contributed by atoms with Crippen molar-refractivity contribution in [3.8, 4) is 11.1 Å². The van der Waals surface area contributed by atoms with Crippen LogP contribution in [0.3, 0.4) is 0 Å². The highest BCUT2D eigenvalue weighted by Gasteiger charge is 2.47. The highest BCUT2D eigenvalue weighted by molar-refractivity contribution is 5.85. The third-order valence-electron chi connectivity index (χ3n) is 6.84. The molecule has 1 aliphatic carbocycles. The number of hydrogen-bond donors (Lipinski definition) is 0. The largest absolute Gasteiger partial charge is 0.348 e. The highest BCUT2D eigenvalue weighted by atomic mass is 16.2. The maximum atomic E-state index is 13.4. The summed E-state index contributed by atoms with van der Waals surface area (Å²) in [6.45, 7) is 3.47. The van der Waals surface area contributed by atoms with E-state index in [0.717, 1.165) is 23.1 Å². The lowest BCUT2D eigenvalue weighted by atomic mass is 9.71. The van der Waals surface area contributed by atoms with Crippen LogP contribution in [-0.2, 0) is 16.0 Å². The van der Waals surface area contributed by atoms with E-state index in [9.17, 15) is 9.59 Å². The summed E-state index contributed by atoms with van der Waals surface area (Å²) < 4.78 is 0. The summed E-state index contributed by atoms with van der Waals surface area (Å²) >= 11 is 0. The van der Waals surface area contributed by atoms with Gasteiger partial charge in [-0.25, -0.2) is 0 Å². The van der Waals surface area contributed by atoms with Crippen molar-refractivity contribution in [3.05, 3.63) is 54.4 Å². The van der Waals surface area contributed by atoms with Gasteiger partial charge in [0.2, 0.25) is 11.8 Å². The molecule has 5 nitrogen and oxygen atoms in total. The number of aromatic nitrogens is 1. The number of carbonyl (C=O) groups excluding carboxylic acids is 2. The van der Waals surface area contributed by atoms with Gasteiger partial charge in [0.1, 0.15) is 0 Å². The Kier molecular flexibility index (Phi) is 5.63. The van der Waals surface area contributed by atoms with Gasteiger partial charge in [0.05, 0.1) is 5.41 Å². The molecule has 1 saturated heterocycles. The summed E-state index contributed by atoms with van der Waals surface area (Å²) in [6, 6.07) is 12.3. The predicted octanol–water partition coefficient (Wildman–Crippen LogP) is 3.64. The second kappa shape index (κ2) is 8.21. The number of likely N-dealkylation sites (tertiary alicyclic amines) is 1. The molecule has 2 heterocycles. The molecule has 0 unspecified atom stereocenters. The number of nitrogens with zero attached hydrogens (tertiary/aromatic N) is 3. The van der Waals surface area contributed by atoms with E-state index in [-0.39, 0.29) is 17.7 Å². The normalized spacial score (nSPS) is 22.4. The molecule has 1 aliphatic heterocycles. The molecule has 0 radical (unpaired) electrons. The first-order chi connectivity index (χ1) is 14.4. The Morgan fingerprint density at radius 1 is 1.13 bits per heavy atom. The van der Waals surface area contributed by atoms with Crippen LogP contribution in [0.15, 0.2) is 48.8 Å². The Hall–Kier alpha value is -2.69. The summed E-state index contributed by atoms with van der Waals surface area (Å²) in [4.78, 5) is 34.0. The molecule has 5 heteroatoms. The van der Waals surface area contributed by atoms with Crippen LogP contribution >= 0.6 is 0 Å². The lowest BCUT2D eigenvalue weighted by Crippen LogP contribution is -2.51. The molecule has 0 N–H and O–H groups in total. The van der Waals surface area contributed by atoms with Crippen LogP contribution in [0.1, 0.15) is 31.7 Å². The van der Waals surface area contributed by atoms with Gasteiger partial charge in [0.25, 0.3) is 0 Å². The van der Waals surface area contributed by atoms with Crippen molar-refractivity contribution in [1.29, 1.82) is 0 Å². The molecule has 2 aromatic rings. The van der Waals surface area contributed by atoms with Crippen LogP contribution in [-0.4, -0.2) is 53.8 Å². The average molecular weight is 406 g/mol. The fourth-order valence-corrected chi connectivity index (χ4v) is 4.84. The molecule has 1 aromatic carbocycles.